The van der Waals surface area contributed by atoms with Gasteiger partial charge in [-0.25, -0.2) is 14.5 Å². The first-order chi connectivity index (χ1) is 11.9. The van der Waals surface area contributed by atoms with Crippen LogP contribution < -0.4 is 5.32 Å². The van der Waals surface area contributed by atoms with Crippen LogP contribution in [0.25, 0.3) is 17.2 Å². The molecule has 0 fully saturated rings. The highest BCUT2D eigenvalue weighted by atomic mass is 35.5. The molecule has 26 heavy (non-hydrogen) atoms. The maximum atomic E-state index is 4.70. The molecule has 0 radical (unpaired) electrons. The largest absolute Gasteiger partial charge is 0.325 e. The van der Waals surface area contributed by atoms with Crippen LogP contribution in [0.4, 0.5) is 0 Å². The van der Waals surface area contributed by atoms with E-state index in [-0.39, 0.29) is 24.8 Å². The second-order valence-corrected chi connectivity index (χ2v) is 5.86. The van der Waals surface area contributed by atoms with E-state index in [9.17, 15) is 0 Å². The summed E-state index contributed by atoms with van der Waals surface area (Å²) in [5, 5.41) is 12.4. The van der Waals surface area contributed by atoms with Gasteiger partial charge in [-0.05, 0) is 12.1 Å². The molecule has 0 saturated heterocycles. The van der Waals surface area contributed by atoms with E-state index in [0.29, 0.717) is 6.54 Å². The Labute approximate surface area is 162 Å². The maximum Gasteiger partial charge on any atom is 0.160 e. The second kappa shape index (κ2) is 7.45. The first-order valence-corrected chi connectivity index (χ1v) is 7.95. The molecule has 136 valence electrons. The monoisotopic (exact) mass is 392 g/mol. The zero-order valence-electron chi connectivity index (χ0n) is 13.8. The number of nitrogens with one attached hydrogen (secondary N) is 1. The number of nitrogens with zero attached hydrogens (tertiary/aromatic N) is 7. The zero-order chi connectivity index (χ0) is 15.9. The molecule has 0 spiro atoms. The van der Waals surface area contributed by atoms with Crippen LogP contribution in [0.1, 0.15) is 11.3 Å². The van der Waals surface area contributed by atoms with E-state index in [4.69, 9.17) is 5.10 Å². The lowest BCUT2D eigenvalue weighted by atomic mass is 10.3. The van der Waals surface area contributed by atoms with Crippen LogP contribution in [0.2, 0.25) is 0 Å². The number of rotatable bonds is 3. The molecule has 1 aliphatic heterocycles. The highest BCUT2D eigenvalue weighted by molar-refractivity contribution is 5.85. The van der Waals surface area contributed by atoms with Crippen molar-refractivity contribution in [3.05, 3.63) is 54.4 Å². The van der Waals surface area contributed by atoms with Crippen molar-refractivity contribution in [3.63, 3.8) is 0 Å². The third-order valence-corrected chi connectivity index (χ3v) is 4.31. The third kappa shape index (κ3) is 3.07. The molecule has 0 aliphatic carbocycles. The van der Waals surface area contributed by atoms with E-state index in [1.807, 2.05) is 30.9 Å². The van der Waals surface area contributed by atoms with E-state index >= 15 is 0 Å². The van der Waals surface area contributed by atoms with Crippen LogP contribution in [-0.4, -0.2) is 40.5 Å². The molecule has 1 aliphatic rings. The van der Waals surface area contributed by atoms with Crippen molar-refractivity contribution < 1.29 is 0 Å². The van der Waals surface area contributed by atoms with Crippen LogP contribution >= 0.6 is 24.8 Å². The Morgan fingerprint density at radius 3 is 2.92 bits per heavy atom. The van der Waals surface area contributed by atoms with Crippen molar-refractivity contribution in [3.8, 4) is 11.5 Å². The summed E-state index contributed by atoms with van der Waals surface area (Å²) in [6, 6.07) is 3.98. The number of fused-ring (bicyclic) bond motifs is 2. The van der Waals surface area contributed by atoms with Crippen molar-refractivity contribution in [1.29, 1.82) is 0 Å². The summed E-state index contributed by atoms with van der Waals surface area (Å²) >= 11 is 0. The van der Waals surface area contributed by atoms with Crippen molar-refractivity contribution in [2.24, 2.45) is 0 Å². The van der Waals surface area contributed by atoms with Gasteiger partial charge in [0.1, 0.15) is 5.69 Å². The van der Waals surface area contributed by atoms with Gasteiger partial charge in [-0.15, -0.1) is 24.8 Å². The Kier molecular flexibility index (Phi) is 5.26. The van der Waals surface area contributed by atoms with Gasteiger partial charge in [0.25, 0.3) is 0 Å². The molecule has 0 atom stereocenters. The van der Waals surface area contributed by atoms with Gasteiger partial charge in [-0.2, -0.15) is 10.2 Å². The molecular weight excluding hydrogens is 375 g/mol. The lowest BCUT2D eigenvalue weighted by Gasteiger charge is -2.13. The predicted molar refractivity (Wildman–Crippen MR) is 102 cm³/mol. The SMILES string of the molecule is Cl.Cl.c1cnc2c(Cn3ccnc3-c3cc4n(n3)CCNC4)cnn2c1. The topological polar surface area (TPSA) is 77.9 Å². The number of imidazole rings is 1. The third-order valence-electron chi connectivity index (χ3n) is 4.31. The van der Waals surface area contributed by atoms with E-state index < -0.39 is 0 Å². The molecule has 4 aromatic rings. The molecule has 5 heterocycles. The van der Waals surface area contributed by atoms with Gasteiger partial charge in [0.2, 0.25) is 0 Å². The van der Waals surface area contributed by atoms with Gasteiger partial charge < -0.3 is 9.88 Å². The number of hydrogen-bond acceptors (Lipinski definition) is 5. The minimum absolute atomic E-state index is 0. The standard InChI is InChI=1S/C16H16N8.2ClH/c1-2-18-15-12(9-20-24(15)5-1)11-22-6-4-19-16(22)14-8-13-10-17-3-7-23(13)21-14;;/h1-2,4-6,8-9,17H,3,7,10-11H2;2*1H. The van der Waals surface area contributed by atoms with Crippen LogP contribution in [0.5, 0.6) is 0 Å². The molecule has 0 bridgehead atoms. The molecule has 0 unspecified atom stereocenters. The normalized spacial score (nSPS) is 13.1. The Bertz CT molecular complexity index is 995. The highest BCUT2D eigenvalue weighted by Gasteiger charge is 2.17. The molecule has 4 aromatic heterocycles. The quantitative estimate of drug-likeness (QED) is 0.574. The van der Waals surface area contributed by atoms with Crippen LogP contribution in [0.15, 0.2) is 43.1 Å². The van der Waals surface area contributed by atoms with Crippen LogP contribution in [0.3, 0.4) is 0 Å². The lowest BCUT2D eigenvalue weighted by Crippen LogP contribution is -2.28. The molecule has 0 aromatic carbocycles. The molecule has 10 heteroatoms. The van der Waals surface area contributed by atoms with Crippen LogP contribution in [0, 0.1) is 0 Å². The Balaban J connectivity index is 0.000000980. The van der Waals surface area contributed by atoms with Gasteiger partial charge in [-0.3, -0.25) is 4.68 Å². The molecular formula is C16H18Cl2N8. The Morgan fingerprint density at radius 2 is 2.04 bits per heavy atom. The fraction of sp³-hybridized carbons (Fsp3) is 0.250. The zero-order valence-corrected chi connectivity index (χ0v) is 15.4. The van der Waals surface area contributed by atoms with Crippen LogP contribution in [-0.2, 0) is 19.6 Å². The smallest absolute Gasteiger partial charge is 0.160 e. The molecule has 0 amide bonds. The minimum Gasteiger partial charge on any atom is -0.325 e. The van der Waals surface area contributed by atoms with Crippen molar-refractivity contribution in [2.75, 3.05) is 6.54 Å². The fourth-order valence-electron chi connectivity index (χ4n) is 3.14. The van der Waals surface area contributed by atoms with Gasteiger partial charge in [-0.1, -0.05) is 0 Å². The molecule has 0 saturated carbocycles. The number of hydrogen-bond donors (Lipinski definition) is 1. The number of halogens is 2. The summed E-state index contributed by atoms with van der Waals surface area (Å²) < 4.78 is 5.93. The van der Waals surface area contributed by atoms with Gasteiger partial charge >= 0.3 is 0 Å². The maximum absolute atomic E-state index is 4.70. The molecule has 5 rings (SSSR count). The molecule has 8 nitrogen and oxygen atoms in total. The summed E-state index contributed by atoms with van der Waals surface area (Å²) in [6.07, 6.45) is 9.32. The highest BCUT2D eigenvalue weighted by Crippen LogP contribution is 2.20. The summed E-state index contributed by atoms with van der Waals surface area (Å²) in [4.78, 5) is 8.93. The minimum atomic E-state index is 0. The van der Waals surface area contributed by atoms with Gasteiger partial charge in [0.05, 0.1) is 25.0 Å². The average Bonchev–Trinajstić information content (AvgIpc) is 3.33. The van der Waals surface area contributed by atoms with Gasteiger partial charge in [0.15, 0.2) is 11.5 Å². The first kappa shape index (κ1) is 18.4. The Morgan fingerprint density at radius 1 is 1.12 bits per heavy atom. The van der Waals surface area contributed by atoms with E-state index in [2.05, 4.69) is 35.7 Å². The second-order valence-electron chi connectivity index (χ2n) is 5.86. The average molecular weight is 393 g/mol. The molecule has 1 N–H and O–H groups in total. The van der Waals surface area contributed by atoms with E-state index in [0.717, 1.165) is 42.4 Å². The first-order valence-electron chi connectivity index (χ1n) is 7.95. The lowest BCUT2D eigenvalue weighted by molar-refractivity contribution is 0.476. The summed E-state index contributed by atoms with van der Waals surface area (Å²) in [6.45, 7) is 3.37. The summed E-state index contributed by atoms with van der Waals surface area (Å²) in [7, 11) is 0. The van der Waals surface area contributed by atoms with Crippen molar-refractivity contribution in [1.82, 2.24) is 39.2 Å². The van der Waals surface area contributed by atoms with Crippen molar-refractivity contribution in [2.45, 2.75) is 19.6 Å². The number of aromatic nitrogens is 7. The summed E-state index contributed by atoms with van der Waals surface area (Å²) in [5.74, 6) is 0.868. The van der Waals surface area contributed by atoms with Gasteiger partial charge in [0, 0.05) is 43.4 Å². The van der Waals surface area contributed by atoms with E-state index in [1.54, 1.807) is 10.7 Å². The van der Waals surface area contributed by atoms with Crippen molar-refractivity contribution >= 4 is 30.5 Å². The van der Waals surface area contributed by atoms with E-state index in [1.165, 1.54) is 5.69 Å². The summed E-state index contributed by atoms with van der Waals surface area (Å²) in [5.41, 5.74) is 4.03. The predicted octanol–water partition coefficient (Wildman–Crippen LogP) is 1.78. The Hall–Kier alpha value is -2.42. The fourth-order valence-corrected chi connectivity index (χ4v) is 3.14.